The first kappa shape index (κ1) is 44.9. The monoisotopic (exact) mass is 934 g/mol. The van der Waals surface area contributed by atoms with E-state index in [4.69, 9.17) is 0 Å². The molecular formula is C55H60F2N8O2S. The third-order valence-corrected chi connectivity index (χ3v) is 17.2. The molecule has 0 atom stereocenters. The molecule has 5 aliphatic heterocycles. The van der Waals surface area contributed by atoms with Crippen LogP contribution in [0.4, 0.5) is 20.2 Å². The van der Waals surface area contributed by atoms with Gasteiger partial charge in [-0.3, -0.25) is 19.0 Å². The van der Waals surface area contributed by atoms with Gasteiger partial charge in [0.1, 0.15) is 11.6 Å². The van der Waals surface area contributed by atoms with Crippen molar-refractivity contribution in [1.29, 1.82) is 0 Å². The summed E-state index contributed by atoms with van der Waals surface area (Å²) in [5.74, 6) is 2.17. The van der Waals surface area contributed by atoms with Crippen LogP contribution in [-0.4, -0.2) is 90.9 Å². The molecule has 12 rings (SSSR count). The van der Waals surface area contributed by atoms with E-state index in [1.165, 1.54) is 43.6 Å². The van der Waals surface area contributed by atoms with Crippen molar-refractivity contribution in [3.8, 4) is 22.3 Å². The summed E-state index contributed by atoms with van der Waals surface area (Å²) >= 11 is 2.05. The van der Waals surface area contributed by atoms with Gasteiger partial charge in [-0.15, -0.1) is 0 Å². The van der Waals surface area contributed by atoms with Crippen molar-refractivity contribution >= 4 is 35.0 Å². The number of hydrogen-bond acceptors (Lipinski definition) is 7. The zero-order chi connectivity index (χ0) is 46.6. The largest absolute Gasteiger partial charge is 0.307 e. The molecule has 2 amide bonds. The Bertz CT molecular complexity index is 2830. The first-order valence-electron chi connectivity index (χ1n) is 24.5. The summed E-state index contributed by atoms with van der Waals surface area (Å²) in [6.07, 6.45) is 17.0. The molecule has 68 heavy (non-hydrogen) atoms. The molecule has 2 spiro atoms. The molecule has 13 heteroatoms. The molecule has 0 N–H and O–H groups in total. The number of para-hydroxylation sites is 2. The van der Waals surface area contributed by atoms with E-state index in [2.05, 4.69) is 43.9 Å². The average molecular weight is 935 g/mol. The molecule has 3 saturated heterocycles. The average Bonchev–Trinajstić information content (AvgIpc) is 4.10. The van der Waals surface area contributed by atoms with Gasteiger partial charge in [0.2, 0.25) is 11.8 Å². The van der Waals surface area contributed by atoms with Gasteiger partial charge in [0.15, 0.2) is 0 Å². The van der Waals surface area contributed by atoms with Crippen LogP contribution < -0.4 is 9.80 Å². The Balaban J connectivity index is 0.000000149. The molecule has 1 aliphatic carbocycles. The zero-order valence-electron chi connectivity index (χ0n) is 39.1. The summed E-state index contributed by atoms with van der Waals surface area (Å²) in [6.45, 7) is 4.34. The molecule has 10 nitrogen and oxygen atoms in total. The third kappa shape index (κ3) is 8.07. The zero-order valence-corrected chi connectivity index (χ0v) is 39.9. The molecule has 0 unspecified atom stereocenters. The topological polar surface area (TPSA) is 82.7 Å². The minimum absolute atomic E-state index is 0.132. The fourth-order valence-corrected chi connectivity index (χ4v) is 13.1. The molecule has 4 aromatic carbocycles. The number of nitrogens with zero attached hydrogens (tertiary/aromatic N) is 8. The lowest BCUT2D eigenvalue weighted by atomic mass is 9.73. The summed E-state index contributed by atoms with van der Waals surface area (Å²) in [7, 11) is 3.69. The van der Waals surface area contributed by atoms with E-state index in [1.807, 2.05) is 90.9 Å². The first-order chi connectivity index (χ1) is 33.1. The highest BCUT2D eigenvalue weighted by molar-refractivity contribution is 7.99. The Morgan fingerprint density at radius 2 is 1.00 bits per heavy atom. The Morgan fingerprint density at radius 1 is 0.574 bits per heavy atom. The van der Waals surface area contributed by atoms with Crippen LogP contribution in [0.2, 0.25) is 0 Å². The molecule has 7 heterocycles. The van der Waals surface area contributed by atoms with Crippen molar-refractivity contribution in [3.05, 3.63) is 144 Å². The number of amides is 2. The van der Waals surface area contributed by atoms with Crippen molar-refractivity contribution in [2.45, 2.75) is 93.8 Å². The predicted molar refractivity (Wildman–Crippen MR) is 265 cm³/mol. The molecule has 4 fully saturated rings. The Kier molecular flexibility index (Phi) is 12.1. The quantitative estimate of drug-likeness (QED) is 0.150. The maximum Gasteiger partial charge on any atom is 0.238 e. The van der Waals surface area contributed by atoms with Crippen molar-refractivity contribution in [2.75, 3.05) is 47.5 Å². The fourth-order valence-electron chi connectivity index (χ4n) is 12.0. The summed E-state index contributed by atoms with van der Waals surface area (Å²) < 4.78 is 33.8. The van der Waals surface area contributed by atoms with Gasteiger partial charge >= 0.3 is 0 Å². The van der Waals surface area contributed by atoms with Gasteiger partial charge in [-0.05, 0) is 136 Å². The van der Waals surface area contributed by atoms with Crippen molar-refractivity contribution in [2.24, 2.45) is 14.1 Å². The number of carbonyl (C=O) groups excluding carboxylic acids is 2. The number of likely N-dealkylation sites (tertiary alicyclic amines) is 2. The molecular weight excluding hydrogens is 875 g/mol. The number of thioether (sulfide) groups is 1. The first-order valence-corrected chi connectivity index (χ1v) is 25.7. The van der Waals surface area contributed by atoms with Crippen LogP contribution in [0.1, 0.15) is 80.0 Å². The molecule has 0 radical (unpaired) electrons. The van der Waals surface area contributed by atoms with E-state index in [9.17, 15) is 9.59 Å². The smallest absolute Gasteiger partial charge is 0.238 e. The predicted octanol–water partition coefficient (Wildman–Crippen LogP) is 9.66. The van der Waals surface area contributed by atoms with Crippen LogP contribution in [-0.2, 0) is 47.6 Å². The lowest BCUT2D eigenvalue weighted by molar-refractivity contribution is -0.126. The number of carbonyl (C=O) groups is 2. The lowest BCUT2D eigenvalue weighted by Gasteiger charge is -2.45. The van der Waals surface area contributed by atoms with Crippen LogP contribution in [0.5, 0.6) is 0 Å². The van der Waals surface area contributed by atoms with Gasteiger partial charge in [-0.2, -0.15) is 22.0 Å². The Labute approximate surface area is 402 Å². The second-order valence-electron chi connectivity index (χ2n) is 19.9. The fraction of sp³-hybridized carbons (Fsp3) is 0.418. The number of aryl methyl sites for hydroxylation is 2. The molecule has 1 saturated carbocycles. The van der Waals surface area contributed by atoms with E-state index in [1.54, 1.807) is 40.0 Å². The van der Waals surface area contributed by atoms with Gasteiger partial charge in [0.05, 0.1) is 36.3 Å². The van der Waals surface area contributed by atoms with Crippen molar-refractivity contribution in [1.82, 2.24) is 29.4 Å². The number of hydrogen-bond donors (Lipinski definition) is 0. The van der Waals surface area contributed by atoms with Crippen LogP contribution >= 0.6 is 11.8 Å². The van der Waals surface area contributed by atoms with Gasteiger partial charge in [-0.1, -0.05) is 67.1 Å². The number of anilines is 2. The number of aromatic nitrogens is 4. The molecule has 6 aliphatic rings. The molecule has 2 aromatic heterocycles. The van der Waals surface area contributed by atoms with Crippen LogP contribution in [0.25, 0.3) is 22.3 Å². The van der Waals surface area contributed by atoms with Gasteiger partial charge in [0, 0.05) is 72.2 Å². The summed E-state index contributed by atoms with van der Waals surface area (Å²) in [4.78, 5) is 36.7. The van der Waals surface area contributed by atoms with Crippen LogP contribution in [0.3, 0.4) is 0 Å². The SMILES string of the molecule is Cn1cc(-c2ccc(CN3C(=O)C4(CCN(C5CCC5)CC4)c4ccccc43)c(F)c2)cn1.Cn1cc(-c2ccc(CN3C(=O)C4(CCN(C5CCSCC5)CC4)c4ccccc43)c(F)c2)cn1. The van der Waals surface area contributed by atoms with Crippen molar-refractivity contribution in [3.63, 3.8) is 0 Å². The van der Waals surface area contributed by atoms with Crippen LogP contribution in [0, 0.1) is 11.6 Å². The van der Waals surface area contributed by atoms with E-state index in [0.29, 0.717) is 23.2 Å². The standard InChI is InChI=1S/C28H31FN4OS.C27H29FN4O/c1-31-18-22(17-30-31)20-6-7-21(25(29)16-20)19-33-26-5-3-2-4-24(26)28(27(33)34)10-12-32(13-11-28)23-8-14-35-15-9-23;1-30-17-21(16-29-30)19-9-10-20(24(28)15-19)18-32-25-8-3-2-7-23(25)27(26(32)33)11-13-31(14-12-27)22-5-4-6-22/h2-7,16-18,23H,8-15,19H2,1H3;2-3,7-10,15-17,22H,4-6,11-14,18H2,1H3. The minimum atomic E-state index is -0.483. The third-order valence-electron chi connectivity index (χ3n) is 16.2. The van der Waals surface area contributed by atoms with Gasteiger partial charge < -0.3 is 19.6 Å². The highest BCUT2D eigenvalue weighted by atomic mass is 32.2. The highest BCUT2D eigenvalue weighted by Crippen LogP contribution is 2.51. The molecule has 6 aromatic rings. The maximum atomic E-state index is 15.2. The Hall–Kier alpha value is -5.63. The summed E-state index contributed by atoms with van der Waals surface area (Å²) in [5, 5.41) is 8.36. The van der Waals surface area contributed by atoms with E-state index < -0.39 is 10.8 Å². The van der Waals surface area contributed by atoms with E-state index in [-0.39, 0.29) is 36.5 Å². The van der Waals surface area contributed by atoms with Gasteiger partial charge in [0.25, 0.3) is 0 Å². The number of fused-ring (bicyclic) bond motifs is 4. The second-order valence-corrected chi connectivity index (χ2v) is 21.1. The second kappa shape index (κ2) is 18.4. The highest BCUT2D eigenvalue weighted by Gasteiger charge is 2.54. The number of benzene rings is 4. The number of rotatable bonds is 8. The van der Waals surface area contributed by atoms with Crippen LogP contribution in [0.15, 0.2) is 110 Å². The molecule has 0 bridgehead atoms. The summed E-state index contributed by atoms with van der Waals surface area (Å²) in [6, 6.07) is 28.2. The number of halogens is 2. The molecule has 352 valence electrons. The normalized spacial score (nSPS) is 20.4. The van der Waals surface area contributed by atoms with E-state index in [0.717, 1.165) is 96.6 Å². The lowest BCUT2D eigenvalue weighted by Crippen LogP contribution is -2.52. The van der Waals surface area contributed by atoms with Crippen molar-refractivity contribution < 1.29 is 18.4 Å². The minimum Gasteiger partial charge on any atom is -0.307 e. The van der Waals surface area contributed by atoms with E-state index >= 15 is 8.78 Å². The van der Waals surface area contributed by atoms with Gasteiger partial charge in [-0.25, -0.2) is 8.78 Å². The number of piperidine rings is 2. The maximum absolute atomic E-state index is 15.2. The summed E-state index contributed by atoms with van der Waals surface area (Å²) in [5.41, 5.74) is 7.58. The Morgan fingerprint density at radius 3 is 1.38 bits per heavy atom.